The Morgan fingerprint density at radius 2 is 2.17 bits per heavy atom. The summed E-state index contributed by atoms with van der Waals surface area (Å²) in [6.07, 6.45) is 0. The number of hydrogen-bond donors (Lipinski definition) is 4. The van der Waals surface area contributed by atoms with E-state index in [9.17, 15) is 9.90 Å². The van der Waals surface area contributed by atoms with Crippen molar-refractivity contribution in [3.8, 4) is 5.75 Å². The number of hydrogen-bond acceptors (Lipinski definition) is 5. The summed E-state index contributed by atoms with van der Waals surface area (Å²) in [6.45, 7) is 1.83. The van der Waals surface area contributed by atoms with Crippen LogP contribution in [0.5, 0.6) is 5.75 Å². The van der Waals surface area contributed by atoms with E-state index in [0.29, 0.717) is 11.4 Å². The van der Waals surface area contributed by atoms with Gasteiger partial charge in [-0.1, -0.05) is 6.07 Å². The molecule has 98 valence electrons. The lowest BCUT2D eigenvalue weighted by Gasteiger charge is -2.19. The van der Waals surface area contributed by atoms with Crippen LogP contribution in [0.1, 0.15) is 18.5 Å². The van der Waals surface area contributed by atoms with Gasteiger partial charge >= 0.3 is 5.97 Å². The zero-order valence-electron chi connectivity index (χ0n) is 10.3. The summed E-state index contributed by atoms with van der Waals surface area (Å²) in [6, 6.07) is 4.73. The van der Waals surface area contributed by atoms with Crippen molar-refractivity contribution >= 4 is 11.7 Å². The molecule has 1 aliphatic heterocycles. The summed E-state index contributed by atoms with van der Waals surface area (Å²) in [7, 11) is 1.54. The molecule has 2 rings (SSSR count). The number of nitrogens with one attached hydrogen (secondary N) is 2. The fourth-order valence-corrected chi connectivity index (χ4v) is 2.30. The minimum Gasteiger partial charge on any atom is -0.496 e. The van der Waals surface area contributed by atoms with Gasteiger partial charge in [0.05, 0.1) is 19.1 Å². The Labute approximate surface area is 105 Å². The van der Waals surface area contributed by atoms with Crippen LogP contribution in [0.3, 0.4) is 0 Å². The number of carboxylic acids is 1. The Balaban J connectivity index is 2.39. The first kappa shape index (κ1) is 12.7. The Hall–Kier alpha value is -1.79. The molecule has 1 aromatic carbocycles. The Bertz CT molecular complexity index is 464. The van der Waals surface area contributed by atoms with E-state index in [0.717, 1.165) is 5.56 Å². The number of carbonyl (C=O) groups is 1. The molecule has 1 saturated heterocycles. The number of methoxy groups -OCH3 is 1. The molecule has 6 nitrogen and oxygen atoms in total. The fourth-order valence-electron chi connectivity index (χ4n) is 2.30. The van der Waals surface area contributed by atoms with Gasteiger partial charge < -0.3 is 15.6 Å². The SMILES string of the molecule is COc1cc(N)ccc1C1NNC(C)C1C(=O)O. The van der Waals surface area contributed by atoms with Gasteiger partial charge in [-0.25, -0.2) is 5.43 Å². The highest BCUT2D eigenvalue weighted by molar-refractivity contribution is 5.73. The molecule has 1 aromatic rings. The largest absolute Gasteiger partial charge is 0.496 e. The second-order valence-corrected chi connectivity index (χ2v) is 4.42. The van der Waals surface area contributed by atoms with E-state index in [1.54, 1.807) is 25.3 Å². The van der Waals surface area contributed by atoms with Crippen LogP contribution in [-0.2, 0) is 4.79 Å². The average Bonchev–Trinajstić information content (AvgIpc) is 2.70. The van der Waals surface area contributed by atoms with Gasteiger partial charge in [0.1, 0.15) is 5.75 Å². The number of nitrogens with two attached hydrogens (primary N) is 1. The average molecular weight is 251 g/mol. The minimum absolute atomic E-state index is 0.158. The number of nitrogen functional groups attached to an aromatic ring is 1. The molecule has 5 N–H and O–H groups in total. The molecule has 0 amide bonds. The first-order valence-corrected chi connectivity index (χ1v) is 5.72. The van der Waals surface area contributed by atoms with Crippen molar-refractivity contribution in [2.75, 3.05) is 12.8 Å². The highest BCUT2D eigenvalue weighted by atomic mass is 16.5. The molecule has 1 heterocycles. The first-order chi connectivity index (χ1) is 8.54. The molecule has 0 radical (unpaired) electrons. The molecule has 3 unspecified atom stereocenters. The van der Waals surface area contributed by atoms with Gasteiger partial charge in [-0.3, -0.25) is 10.2 Å². The van der Waals surface area contributed by atoms with Crippen molar-refractivity contribution in [2.45, 2.75) is 19.0 Å². The zero-order valence-corrected chi connectivity index (χ0v) is 10.3. The van der Waals surface area contributed by atoms with Crippen LogP contribution in [0.4, 0.5) is 5.69 Å². The van der Waals surface area contributed by atoms with E-state index in [1.165, 1.54) is 0 Å². The van der Waals surface area contributed by atoms with Crippen LogP contribution in [0.25, 0.3) is 0 Å². The lowest BCUT2D eigenvalue weighted by atomic mass is 9.90. The third-order valence-electron chi connectivity index (χ3n) is 3.24. The first-order valence-electron chi connectivity index (χ1n) is 5.72. The highest BCUT2D eigenvalue weighted by Crippen LogP contribution is 2.35. The van der Waals surface area contributed by atoms with Crippen LogP contribution >= 0.6 is 0 Å². The molecule has 6 heteroatoms. The van der Waals surface area contributed by atoms with Crippen LogP contribution in [0, 0.1) is 5.92 Å². The van der Waals surface area contributed by atoms with E-state index in [4.69, 9.17) is 10.5 Å². The zero-order chi connectivity index (χ0) is 13.3. The van der Waals surface area contributed by atoms with Crippen LogP contribution in [0.15, 0.2) is 18.2 Å². The second kappa shape index (κ2) is 4.83. The number of anilines is 1. The maximum Gasteiger partial charge on any atom is 0.310 e. The van der Waals surface area contributed by atoms with Gasteiger partial charge in [-0.2, -0.15) is 0 Å². The fraction of sp³-hybridized carbons (Fsp3) is 0.417. The minimum atomic E-state index is -0.844. The number of ether oxygens (including phenoxy) is 1. The topological polar surface area (TPSA) is 96.6 Å². The Morgan fingerprint density at radius 3 is 2.78 bits per heavy atom. The number of benzene rings is 1. The third kappa shape index (κ3) is 2.12. The molecule has 0 bridgehead atoms. The van der Waals surface area contributed by atoms with Crippen LogP contribution < -0.4 is 21.3 Å². The molecule has 3 atom stereocenters. The molecular formula is C12H17N3O3. The quantitative estimate of drug-likeness (QED) is 0.585. The Kier molecular flexibility index (Phi) is 3.40. The van der Waals surface area contributed by atoms with Gasteiger partial charge in [-0.05, 0) is 13.0 Å². The molecule has 1 fully saturated rings. The molecule has 18 heavy (non-hydrogen) atoms. The van der Waals surface area contributed by atoms with Crippen LogP contribution in [0.2, 0.25) is 0 Å². The van der Waals surface area contributed by atoms with E-state index >= 15 is 0 Å². The van der Waals surface area contributed by atoms with Crippen molar-refractivity contribution in [3.63, 3.8) is 0 Å². The second-order valence-electron chi connectivity index (χ2n) is 4.42. The Morgan fingerprint density at radius 1 is 1.44 bits per heavy atom. The smallest absolute Gasteiger partial charge is 0.310 e. The lowest BCUT2D eigenvalue weighted by molar-refractivity contribution is -0.142. The molecule has 0 saturated carbocycles. The number of carboxylic acid groups (broad SMARTS) is 1. The summed E-state index contributed by atoms with van der Waals surface area (Å²) >= 11 is 0. The van der Waals surface area contributed by atoms with Crippen LogP contribution in [-0.4, -0.2) is 24.2 Å². The maximum absolute atomic E-state index is 11.3. The predicted molar refractivity (Wildman–Crippen MR) is 67.0 cm³/mol. The van der Waals surface area contributed by atoms with E-state index in [2.05, 4.69) is 10.9 Å². The van der Waals surface area contributed by atoms with Gasteiger partial charge in [0.25, 0.3) is 0 Å². The molecule has 0 aliphatic carbocycles. The van der Waals surface area contributed by atoms with Gasteiger partial charge in [0, 0.05) is 23.4 Å². The van der Waals surface area contributed by atoms with Crippen molar-refractivity contribution in [3.05, 3.63) is 23.8 Å². The van der Waals surface area contributed by atoms with Crippen molar-refractivity contribution in [2.24, 2.45) is 5.92 Å². The highest BCUT2D eigenvalue weighted by Gasteiger charge is 2.40. The normalized spacial score (nSPS) is 27.1. The number of aliphatic carboxylic acids is 1. The predicted octanol–water partition coefficient (Wildman–Crippen LogP) is 0.516. The van der Waals surface area contributed by atoms with Gasteiger partial charge in [-0.15, -0.1) is 0 Å². The van der Waals surface area contributed by atoms with Crippen molar-refractivity contribution in [1.29, 1.82) is 0 Å². The maximum atomic E-state index is 11.3. The monoisotopic (exact) mass is 251 g/mol. The summed E-state index contributed by atoms with van der Waals surface area (Å²) in [4.78, 5) is 11.3. The number of rotatable bonds is 3. The van der Waals surface area contributed by atoms with Crippen molar-refractivity contribution < 1.29 is 14.6 Å². The van der Waals surface area contributed by atoms with Gasteiger partial charge in [0.15, 0.2) is 0 Å². The van der Waals surface area contributed by atoms with E-state index in [-0.39, 0.29) is 12.1 Å². The number of hydrazine groups is 1. The summed E-state index contributed by atoms with van der Waals surface area (Å²) in [5.41, 5.74) is 13.0. The van der Waals surface area contributed by atoms with Crippen molar-refractivity contribution in [1.82, 2.24) is 10.9 Å². The molecule has 0 aromatic heterocycles. The molecule has 0 spiro atoms. The summed E-state index contributed by atoms with van der Waals surface area (Å²) in [5, 5.41) is 9.29. The van der Waals surface area contributed by atoms with E-state index in [1.807, 2.05) is 6.92 Å². The molecular weight excluding hydrogens is 234 g/mol. The van der Waals surface area contributed by atoms with Gasteiger partial charge in [0.2, 0.25) is 0 Å². The molecule has 1 aliphatic rings. The van der Waals surface area contributed by atoms with E-state index < -0.39 is 11.9 Å². The standard InChI is InChI=1S/C12H17N3O3/c1-6-10(12(16)17)11(15-14-6)8-4-3-7(13)5-9(8)18-2/h3-6,10-11,14-15H,13H2,1-2H3,(H,16,17). The summed E-state index contributed by atoms with van der Waals surface area (Å²) < 4.78 is 5.26. The summed E-state index contributed by atoms with van der Waals surface area (Å²) in [5.74, 6) is -0.805. The third-order valence-corrected chi connectivity index (χ3v) is 3.24. The lowest BCUT2D eigenvalue weighted by Crippen LogP contribution is -2.30.